The Labute approximate surface area is 128 Å². The van der Waals surface area contributed by atoms with Crippen molar-refractivity contribution < 1.29 is 9.90 Å². The van der Waals surface area contributed by atoms with Gasteiger partial charge in [0.2, 0.25) is 0 Å². The van der Waals surface area contributed by atoms with Gasteiger partial charge in [0.1, 0.15) is 6.61 Å². The zero-order valence-corrected chi connectivity index (χ0v) is 12.4. The van der Waals surface area contributed by atoms with Crippen LogP contribution < -0.4 is 5.32 Å². The number of anilines is 1. The average molecular weight is 297 g/mol. The van der Waals surface area contributed by atoms with Gasteiger partial charge in [0.25, 0.3) is 5.91 Å². The Balaban J connectivity index is 2.16. The highest BCUT2D eigenvalue weighted by molar-refractivity contribution is 7.98. The van der Waals surface area contributed by atoms with Gasteiger partial charge < -0.3 is 10.4 Å². The summed E-state index contributed by atoms with van der Waals surface area (Å²) in [5, 5.41) is 11.6. The van der Waals surface area contributed by atoms with Gasteiger partial charge in [-0.15, -0.1) is 11.8 Å². The molecule has 1 amide bonds. The number of carbonyl (C=O) groups excluding carboxylic acids is 1. The van der Waals surface area contributed by atoms with Crippen LogP contribution in [0.5, 0.6) is 0 Å². The van der Waals surface area contributed by atoms with Crippen LogP contribution in [0.1, 0.15) is 15.9 Å². The van der Waals surface area contributed by atoms with Gasteiger partial charge in [0, 0.05) is 21.7 Å². The van der Waals surface area contributed by atoms with Crippen LogP contribution in [0.2, 0.25) is 0 Å². The average Bonchev–Trinajstić information content (AvgIpc) is 2.53. The first-order valence-corrected chi connectivity index (χ1v) is 7.60. The molecule has 0 unspecified atom stereocenters. The summed E-state index contributed by atoms with van der Waals surface area (Å²) in [7, 11) is 0. The first kappa shape index (κ1) is 15.2. The van der Waals surface area contributed by atoms with Crippen molar-refractivity contribution in [2.75, 3.05) is 18.2 Å². The van der Waals surface area contributed by atoms with Crippen molar-refractivity contribution in [3.8, 4) is 11.8 Å². The molecule has 2 rings (SSSR count). The molecular weight excluding hydrogens is 282 g/mol. The van der Waals surface area contributed by atoms with E-state index in [1.165, 1.54) is 0 Å². The predicted molar refractivity (Wildman–Crippen MR) is 86.6 cm³/mol. The molecule has 106 valence electrons. The lowest BCUT2D eigenvalue weighted by atomic mass is 10.1. The summed E-state index contributed by atoms with van der Waals surface area (Å²) in [5.41, 5.74) is 2.00. The number of rotatable bonds is 3. The van der Waals surface area contributed by atoms with Gasteiger partial charge in [-0.05, 0) is 42.7 Å². The molecule has 2 N–H and O–H groups in total. The Kier molecular flexibility index (Phi) is 5.44. The van der Waals surface area contributed by atoms with Gasteiger partial charge >= 0.3 is 0 Å². The summed E-state index contributed by atoms with van der Waals surface area (Å²) in [4.78, 5) is 13.3. The van der Waals surface area contributed by atoms with E-state index in [0.717, 1.165) is 10.6 Å². The van der Waals surface area contributed by atoms with Crippen molar-refractivity contribution in [3.63, 3.8) is 0 Å². The van der Waals surface area contributed by atoms with E-state index in [9.17, 15) is 4.79 Å². The van der Waals surface area contributed by atoms with Gasteiger partial charge in [0.15, 0.2) is 0 Å². The van der Waals surface area contributed by atoms with Crippen LogP contribution in [-0.4, -0.2) is 23.9 Å². The quantitative estimate of drug-likeness (QED) is 0.676. The molecule has 0 saturated carbocycles. The number of hydrogen-bond donors (Lipinski definition) is 2. The minimum Gasteiger partial charge on any atom is -0.384 e. The SMILES string of the molecule is CSc1cccc(NC(=O)c2cccc(C#CCO)c2)c1. The summed E-state index contributed by atoms with van der Waals surface area (Å²) in [6.45, 7) is -0.197. The van der Waals surface area contributed by atoms with Crippen molar-refractivity contribution in [3.05, 3.63) is 59.7 Å². The molecule has 0 aromatic heterocycles. The molecule has 21 heavy (non-hydrogen) atoms. The second-order valence-electron chi connectivity index (χ2n) is 4.23. The normalized spacial score (nSPS) is 9.62. The number of benzene rings is 2. The lowest BCUT2D eigenvalue weighted by Gasteiger charge is -2.07. The Morgan fingerprint density at radius 3 is 2.81 bits per heavy atom. The van der Waals surface area contributed by atoms with Crippen LogP contribution in [0.4, 0.5) is 5.69 Å². The maximum atomic E-state index is 12.2. The third-order valence-corrected chi connectivity index (χ3v) is 3.49. The van der Waals surface area contributed by atoms with Gasteiger partial charge in [-0.3, -0.25) is 4.79 Å². The van der Waals surface area contributed by atoms with Crippen LogP contribution in [0.15, 0.2) is 53.4 Å². The van der Waals surface area contributed by atoms with Gasteiger partial charge in [0.05, 0.1) is 0 Å². The minimum absolute atomic E-state index is 0.180. The van der Waals surface area contributed by atoms with E-state index in [2.05, 4.69) is 17.2 Å². The standard InChI is InChI=1S/C17H15NO2S/c1-21-16-9-3-8-15(12-16)18-17(20)14-7-2-5-13(11-14)6-4-10-19/h2-3,5,7-9,11-12,19H,10H2,1H3,(H,18,20). The molecule has 0 aliphatic rings. The van der Waals surface area contributed by atoms with Crippen LogP contribution >= 0.6 is 11.8 Å². The summed E-state index contributed by atoms with van der Waals surface area (Å²) in [5.74, 6) is 5.18. The van der Waals surface area contributed by atoms with Crippen molar-refractivity contribution in [1.82, 2.24) is 0 Å². The molecular formula is C17H15NO2S. The smallest absolute Gasteiger partial charge is 0.255 e. The zero-order chi connectivity index (χ0) is 15.1. The molecule has 2 aromatic carbocycles. The molecule has 4 heteroatoms. The van der Waals surface area contributed by atoms with E-state index >= 15 is 0 Å². The van der Waals surface area contributed by atoms with Gasteiger partial charge in [-0.2, -0.15) is 0 Å². The Morgan fingerprint density at radius 1 is 1.24 bits per heavy atom. The fourth-order valence-electron chi connectivity index (χ4n) is 1.78. The number of aliphatic hydroxyl groups is 1. The van der Waals surface area contributed by atoms with E-state index in [4.69, 9.17) is 5.11 Å². The number of aliphatic hydroxyl groups excluding tert-OH is 1. The second-order valence-corrected chi connectivity index (χ2v) is 5.11. The fourth-order valence-corrected chi connectivity index (χ4v) is 2.24. The number of carbonyl (C=O) groups is 1. The molecule has 0 atom stereocenters. The molecule has 0 saturated heterocycles. The van der Waals surface area contributed by atoms with Crippen LogP contribution in [-0.2, 0) is 0 Å². The van der Waals surface area contributed by atoms with Crippen LogP contribution in [0.25, 0.3) is 0 Å². The molecule has 0 aliphatic heterocycles. The highest BCUT2D eigenvalue weighted by atomic mass is 32.2. The molecule has 0 heterocycles. The predicted octanol–water partition coefficient (Wildman–Crippen LogP) is 3.00. The third-order valence-electron chi connectivity index (χ3n) is 2.76. The van der Waals surface area contributed by atoms with Gasteiger partial charge in [-0.25, -0.2) is 0 Å². The Hall–Kier alpha value is -2.22. The number of nitrogens with one attached hydrogen (secondary N) is 1. The third kappa shape index (κ3) is 4.38. The molecule has 2 aromatic rings. The van der Waals surface area contributed by atoms with E-state index in [1.807, 2.05) is 30.5 Å². The molecule has 0 aliphatic carbocycles. The highest BCUT2D eigenvalue weighted by Crippen LogP contribution is 2.19. The van der Waals surface area contributed by atoms with Crippen molar-refractivity contribution in [2.24, 2.45) is 0 Å². The summed E-state index contributed by atoms with van der Waals surface area (Å²) in [6.07, 6.45) is 1.99. The first-order valence-electron chi connectivity index (χ1n) is 6.38. The fraction of sp³-hybridized carbons (Fsp3) is 0.118. The van der Waals surface area contributed by atoms with Crippen LogP contribution in [0, 0.1) is 11.8 Å². The van der Waals surface area contributed by atoms with Crippen molar-refractivity contribution >= 4 is 23.4 Å². The van der Waals surface area contributed by atoms with E-state index < -0.39 is 0 Å². The van der Waals surface area contributed by atoms with E-state index in [0.29, 0.717) is 11.1 Å². The van der Waals surface area contributed by atoms with E-state index in [1.54, 1.807) is 36.0 Å². The number of amides is 1. The van der Waals surface area contributed by atoms with Crippen molar-refractivity contribution in [1.29, 1.82) is 0 Å². The molecule has 0 radical (unpaired) electrons. The number of hydrogen-bond acceptors (Lipinski definition) is 3. The topological polar surface area (TPSA) is 49.3 Å². The second kappa shape index (κ2) is 7.53. The molecule has 3 nitrogen and oxygen atoms in total. The van der Waals surface area contributed by atoms with Crippen LogP contribution in [0.3, 0.4) is 0 Å². The summed E-state index contributed by atoms with van der Waals surface area (Å²) < 4.78 is 0. The highest BCUT2D eigenvalue weighted by Gasteiger charge is 2.06. The largest absolute Gasteiger partial charge is 0.384 e. The molecule has 0 bridgehead atoms. The molecule has 0 spiro atoms. The maximum Gasteiger partial charge on any atom is 0.255 e. The maximum absolute atomic E-state index is 12.2. The summed E-state index contributed by atoms with van der Waals surface area (Å²) >= 11 is 1.62. The zero-order valence-electron chi connectivity index (χ0n) is 11.6. The lowest BCUT2D eigenvalue weighted by Crippen LogP contribution is -2.11. The Bertz CT molecular complexity index is 701. The summed E-state index contributed by atoms with van der Waals surface area (Å²) in [6, 6.07) is 14.7. The minimum atomic E-state index is -0.197. The number of thioether (sulfide) groups is 1. The first-order chi connectivity index (χ1) is 10.2. The van der Waals surface area contributed by atoms with Gasteiger partial charge in [-0.1, -0.05) is 24.0 Å². The van der Waals surface area contributed by atoms with E-state index in [-0.39, 0.29) is 12.5 Å². The Morgan fingerprint density at radius 2 is 2.05 bits per heavy atom. The van der Waals surface area contributed by atoms with Crippen molar-refractivity contribution in [2.45, 2.75) is 4.90 Å². The molecule has 0 fully saturated rings. The monoisotopic (exact) mass is 297 g/mol. The lowest BCUT2D eigenvalue weighted by molar-refractivity contribution is 0.102.